The van der Waals surface area contributed by atoms with E-state index in [1.165, 1.54) is 11.3 Å². The highest BCUT2D eigenvalue weighted by molar-refractivity contribution is 7.16. The average Bonchev–Trinajstić information content (AvgIpc) is 2.96. The van der Waals surface area contributed by atoms with Crippen LogP contribution < -0.4 is 0 Å². The van der Waals surface area contributed by atoms with E-state index in [0.29, 0.717) is 27.3 Å². The molecule has 1 aliphatic rings. The van der Waals surface area contributed by atoms with Gasteiger partial charge in [0.25, 0.3) is 0 Å². The number of hydrogen-bond acceptors (Lipinski definition) is 3. The van der Waals surface area contributed by atoms with Gasteiger partial charge in [0.2, 0.25) is 0 Å². The molecule has 1 aromatic carbocycles. The lowest BCUT2D eigenvalue weighted by Gasteiger charge is -2.37. The minimum Gasteiger partial charge on any atom is -0.481 e. The molecule has 2 aromatic rings. The van der Waals surface area contributed by atoms with Gasteiger partial charge in [0.1, 0.15) is 0 Å². The van der Waals surface area contributed by atoms with E-state index in [1.807, 2.05) is 24.3 Å². The topological polar surface area (TPSA) is 40.5 Å². The van der Waals surface area contributed by atoms with Crippen molar-refractivity contribution in [2.75, 3.05) is 13.1 Å². The molecule has 0 saturated carbocycles. The molecule has 0 spiro atoms. The maximum atomic E-state index is 11.4. The van der Waals surface area contributed by atoms with Crippen LogP contribution in [0.15, 0.2) is 30.3 Å². The Bertz CT molecular complexity index is 749. The Labute approximate surface area is 159 Å². The van der Waals surface area contributed by atoms with Crippen molar-refractivity contribution in [1.82, 2.24) is 4.90 Å². The van der Waals surface area contributed by atoms with Gasteiger partial charge in [-0.25, -0.2) is 0 Å². The van der Waals surface area contributed by atoms with Gasteiger partial charge in [-0.05, 0) is 49.2 Å². The molecule has 3 rings (SSSR count). The summed E-state index contributed by atoms with van der Waals surface area (Å²) in [5.74, 6) is -1.10. The highest BCUT2D eigenvalue weighted by Crippen LogP contribution is 2.40. The molecule has 1 aromatic heterocycles. The van der Waals surface area contributed by atoms with Crippen molar-refractivity contribution in [3.05, 3.63) is 55.2 Å². The van der Waals surface area contributed by atoms with Crippen molar-refractivity contribution < 1.29 is 9.90 Å². The second kappa shape index (κ2) is 7.63. The maximum absolute atomic E-state index is 11.4. The predicted octanol–water partition coefficient (Wildman–Crippen LogP) is 5.59. The number of carboxylic acid groups (broad SMARTS) is 1. The van der Waals surface area contributed by atoms with Gasteiger partial charge in [-0.1, -0.05) is 40.9 Å². The molecule has 3 nitrogen and oxygen atoms in total. The van der Waals surface area contributed by atoms with E-state index in [1.54, 1.807) is 6.07 Å². The third kappa shape index (κ3) is 3.89. The van der Waals surface area contributed by atoms with Crippen molar-refractivity contribution in [2.24, 2.45) is 5.92 Å². The van der Waals surface area contributed by atoms with E-state index in [2.05, 4.69) is 4.90 Å². The zero-order valence-corrected chi connectivity index (χ0v) is 15.8. The number of likely N-dealkylation sites (tertiary alicyclic amines) is 1. The fourth-order valence-electron chi connectivity index (χ4n) is 3.17. The Morgan fingerprint density at radius 2 is 2.04 bits per heavy atom. The van der Waals surface area contributed by atoms with Crippen LogP contribution in [0.3, 0.4) is 0 Å². The molecule has 2 atom stereocenters. The lowest BCUT2D eigenvalue weighted by molar-refractivity contribution is -0.143. The van der Waals surface area contributed by atoms with Crippen LogP contribution in [0.1, 0.15) is 29.3 Å². The molecular formula is C17H16Cl3NO2S. The van der Waals surface area contributed by atoms with Crippen LogP contribution in [0.2, 0.25) is 14.4 Å². The van der Waals surface area contributed by atoms with Gasteiger partial charge in [0, 0.05) is 21.5 Å². The van der Waals surface area contributed by atoms with Crippen LogP contribution in [0.5, 0.6) is 0 Å². The number of carboxylic acids is 1. The average molecular weight is 405 g/mol. The van der Waals surface area contributed by atoms with Crippen molar-refractivity contribution in [2.45, 2.75) is 18.9 Å². The third-order valence-electron chi connectivity index (χ3n) is 4.29. The van der Waals surface area contributed by atoms with Crippen LogP contribution in [-0.2, 0) is 4.79 Å². The first-order valence-electron chi connectivity index (χ1n) is 7.62. The summed E-state index contributed by atoms with van der Waals surface area (Å²) in [5, 5.41) is 10.5. The van der Waals surface area contributed by atoms with Crippen molar-refractivity contribution in [1.29, 1.82) is 0 Å². The molecule has 0 bridgehead atoms. The Hall–Kier alpha value is -0.780. The van der Waals surface area contributed by atoms with E-state index in [0.717, 1.165) is 23.4 Å². The number of thiophene rings is 1. The highest BCUT2D eigenvalue weighted by atomic mass is 35.5. The van der Waals surface area contributed by atoms with Crippen LogP contribution >= 0.6 is 46.1 Å². The highest BCUT2D eigenvalue weighted by Gasteiger charge is 2.32. The zero-order valence-electron chi connectivity index (χ0n) is 12.7. The largest absolute Gasteiger partial charge is 0.481 e. The minimum absolute atomic E-state index is 0.116. The summed E-state index contributed by atoms with van der Waals surface area (Å²) in [6.45, 7) is 1.32. The number of carbonyl (C=O) groups is 1. The third-order valence-corrected chi connectivity index (χ3v) is 6.13. The molecule has 2 heterocycles. The monoisotopic (exact) mass is 403 g/mol. The Morgan fingerprint density at radius 3 is 2.67 bits per heavy atom. The van der Waals surface area contributed by atoms with E-state index < -0.39 is 5.97 Å². The molecule has 1 aliphatic heterocycles. The van der Waals surface area contributed by atoms with Crippen LogP contribution in [0.25, 0.3) is 0 Å². The second-order valence-corrected chi connectivity index (χ2v) is 8.47. The van der Waals surface area contributed by atoms with Crippen LogP contribution in [0.4, 0.5) is 0 Å². The van der Waals surface area contributed by atoms with Crippen molar-refractivity contribution in [3.8, 4) is 0 Å². The Kier molecular flexibility index (Phi) is 5.73. The number of benzene rings is 1. The first-order chi connectivity index (χ1) is 11.5. The summed E-state index contributed by atoms with van der Waals surface area (Å²) in [5.41, 5.74) is 0.922. The number of hydrogen-bond donors (Lipinski definition) is 1. The van der Waals surface area contributed by atoms with E-state index in [-0.39, 0.29) is 12.0 Å². The second-order valence-electron chi connectivity index (χ2n) is 5.88. The van der Waals surface area contributed by atoms with E-state index >= 15 is 0 Å². The Balaban J connectivity index is 2.00. The predicted molar refractivity (Wildman–Crippen MR) is 99.6 cm³/mol. The van der Waals surface area contributed by atoms with Crippen molar-refractivity contribution >= 4 is 52.1 Å². The summed E-state index contributed by atoms with van der Waals surface area (Å²) in [6, 6.07) is 9.16. The normalized spacial score (nSPS) is 20.0. The molecule has 1 N–H and O–H groups in total. The van der Waals surface area contributed by atoms with Gasteiger partial charge in [0.15, 0.2) is 0 Å². The maximum Gasteiger partial charge on any atom is 0.307 e. The van der Waals surface area contributed by atoms with E-state index in [4.69, 9.17) is 34.8 Å². The van der Waals surface area contributed by atoms with Gasteiger partial charge in [-0.3, -0.25) is 9.69 Å². The van der Waals surface area contributed by atoms with Crippen LogP contribution in [-0.4, -0.2) is 29.1 Å². The molecule has 0 radical (unpaired) electrons. The Morgan fingerprint density at radius 1 is 1.25 bits per heavy atom. The molecule has 128 valence electrons. The molecule has 0 aliphatic carbocycles. The number of aliphatic carboxylic acids is 1. The fraction of sp³-hybridized carbons (Fsp3) is 0.353. The summed E-state index contributed by atoms with van der Waals surface area (Å²) < 4.78 is 0.701. The molecule has 2 unspecified atom stereocenters. The van der Waals surface area contributed by atoms with Gasteiger partial charge in [-0.15, -0.1) is 11.3 Å². The summed E-state index contributed by atoms with van der Waals surface area (Å²) in [4.78, 5) is 14.7. The minimum atomic E-state index is -0.745. The molecular weight excluding hydrogens is 389 g/mol. The summed E-state index contributed by atoms with van der Waals surface area (Å²) in [7, 11) is 0. The zero-order chi connectivity index (χ0) is 17.3. The van der Waals surface area contributed by atoms with Gasteiger partial charge >= 0.3 is 5.97 Å². The van der Waals surface area contributed by atoms with Crippen LogP contribution in [0, 0.1) is 5.92 Å². The number of halogens is 3. The quantitative estimate of drug-likeness (QED) is 0.721. The SMILES string of the molecule is O=C(O)C1CCCN(C(c2ccc(Cl)s2)c2ccc(Cl)cc2Cl)C1. The number of rotatable bonds is 4. The standard InChI is InChI=1S/C17H16Cl3NO2S/c18-11-3-4-12(13(19)8-11)16(14-5-6-15(20)24-14)21-7-1-2-10(9-21)17(22)23/h3-6,8,10,16H,1-2,7,9H2,(H,22,23). The number of piperidine rings is 1. The molecule has 24 heavy (non-hydrogen) atoms. The fourth-order valence-corrected chi connectivity index (χ4v) is 4.90. The smallest absolute Gasteiger partial charge is 0.307 e. The number of nitrogens with zero attached hydrogens (tertiary/aromatic N) is 1. The van der Waals surface area contributed by atoms with E-state index in [9.17, 15) is 9.90 Å². The molecule has 7 heteroatoms. The molecule has 0 amide bonds. The first kappa shape index (κ1) is 18.0. The lowest BCUT2D eigenvalue weighted by atomic mass is 9.94. The first-order valence-corrected chi connectivity index (χ1v) is 9.58. The van der Waals surface area contributed by atoms with Gasteiger partial charge in [0.05, 0.1) is 16.3 Å². The van der Waals surface area contributed by atoms with Gasteiger partial charge in [-0.2, -0.15) is 0 Å². The van der Waals surface area contributed by atoms with Gasteiger partial charge < -0.3 is 5.11 Å². The summed E-state index contributed by atoms with van der Waals surface area (Å²) >= 11 is 20.1. The molecule has 1 fully saturated rings. The lowest BCUT2D eigenvalue weighted by Crippen LogP contribution is -2.41. The molecule has 1 saturated heterocycles. The van der Waals surface area contributed by atoms with Crippen molar-refractivity contribution in [3.63, 3.8) is 0 Å². The summed E-state index contributed by atoms with van der Waals surface area (Å²) in [6.07, 6.45) is 1.55.